The normalized spacial score (nSPS) is 19.8. The van der Waals surface area contributed by atoms with E-state index in [0.29, 0.717) is 0 Å². The highest BCUT2D eigenvalue weighted by molar-refractivity contribution is 5.25. The second kappa shape index (κ2) is 7.98. The van der Waals surface area contributed by atoms with E-state index in [1.807, 2.05) is 0 Å². The van der Waals surface area contributed by atoms with E-state index in [1.54, 1.807) is 5.56 Å². The van der Waals surface area contributed by atoms with E-state index in [1.165, 1.54) is 82.7 Å². The lowest BCUT2D eigenvalue weighted by molar-refractivity contribution is 0.443. The molecule has 1 aromatic rings. The van der Waals surface area contributed by atoms with E-state index >= 15 is 0 Å². The van der Waals surface area contributed by atoms with Crippen LogP contribution in [-0.4, -0.2) is 12.6 Å². The number of rotatable bonds is 8. The zero-order valence-electron chi connectivity index (χ0n) is 13.4. The smallest absolute Gasteiger partial charge is 0.00682 e. The van der Waals surface area contributed by atoms with Gasteiger partial charge in [0, 0.05) is 6.04 Å². The van der Waals surface area contributed by atoms with Gasteiger partial charge in [0.25, 0.3) is 0 Å². The summed E-state index contributed by atoms with van der Waals surface area (Å²) in [6.45, 7) is 1.23. The van der Waals surface area contributed by atoms with Crippen LogP contribution in [0.25, 0.3) is 0 Å². The molecule has 2 aliphatic carbocycles. The Bertz CT molecular complexity index is 398. The van der Waals surface area contributed by atoms with Crippen LogP contribution >= 0.6 is 0 Å². The maximum Gasteiger partial charge on any atom is 0.00682 e. The molecule has 0 atom stereocenters. The standard InChI is InChI=1S/C20H31N/c1-4-8-18(9-5-1)19-12-10-17(11-13-19)7-3-2-6-16-21-20-14-15-20/h10-13,18,20-21H,1-9,14-16H2. The molecule has 1 N–H and O–H groups in total. The predicted octanol–water partition coefficient (Wildman–Crippen LogP) is 5.20. The van der Waals surface area contributed by atoms with Crippen molar-refractivity contribution < 1.29 is 0 Å². The Balaban J connectivity index is 1.33. The summed E-state index contributed by atoms with van der Waals surface area (Å²) in [5.41, 5.74) is 3.12. The molecule has 1 nitrogen and oxygen atoms in total. The Hall–Kier alpha value is -0.820. The van der Waals surface area contributed by atoms with Gasteiger partial charge in [-0.1, -0.05) is 49.9 Å². The molecule has 0 radical (unpaired) electrons. The van der Waals surface area contributed by atoms with Gasteiger partial charge in [0.1, 0.15) is 0 Å². The predicted molar refractivity (Wildman–Crippen MR) is 90.8 cm³/mol. The first-order valence-corrected chi connectivity index (χ1v) is 9.24. The fraction of sp³-hybridized carbons (Fsp3) is 0.700. The van der Waals surface area contributed by atoms with Crippen LogP contribution in [0.5, 0.6) is 0 Å². The number of hydrogen-bond acceptors (Lipinski definition) is 1. The quantitative estimate of drug-likeness (QED) is 0.647. The summed E-state index contributed by atoms with van der Waals surface area (Å²) in [5, 5.41) is 3.60. The summed E-state index contributed by atoms with van der Waals surface area (Å²) in [7, 11) is 0. The molecule has 0 aliphatic heterocycles. The molecule has 2 fully saturated rings. The topological polar surface area (TPSA) is 12.0 Å². The van der Waals surface area contributed by atoms with Crippen molar-refractivity contribution in [3.63, 3.8) is 0 Å². The zero-order chi connectivity index (χ0) is 14.3. The molecule has 0 saturated heterocycles. The minimum Gasteiger partial charge on any atom is -0.314 e. The first-order valence-electron chi connectivity index (χ1n) is 9.24. The number of nitrogens with one attached hydrogen (secondary N) is 1. The molecule has 0 spiro atoms. The van der Waals surface area contributed by atoms with Crippen molar-refractivity contribution in [1.29, 1.82) is 0 Å². The van der Waals surface area contributed by atoms with Gasteiger partial charge >= 0.3 is 0 Å². The average molecular weight is 285 g/mol. The highest BCUT2D eigenvalue weighted by Gasteiger charge is 2.19. The summed E-state index contributed by atoms with van der Waals surface area (Å²) < 4.78 is 0. The van der Waals surface area contributed by atoms with Crippen molar-refractivity contribution in [2.45, 2.75) is 82.6 Å². The van der Waals surface area contributed by atoms with Gasteiger partial charge in [0.2, 0.25) is 0 Å². The summed E-state index contributed by atoms with van der Waals surface area (Å²) >= 11 is 0. The monoisotopic (exact) mass is 285 g/mol. The maximum absolute atomic E-state index is 3.60. The fourth-order valence-corrected chi connectivity index (χ4v) is 3.62. The van der Waals surface area contributed by atoms with Crippen molar-refractivity contribution in [1.82, 2.24) is 5.32 Å². The number of hydrogen-bond donors (Lipinski definition) is 1. The molecule has 0 heterocycles. The average Bonchev–Trinajstić information content (AvgIpc) is 3.36. The summed E-state index contributed by atoms with van der Waals surface area (Å²) in [4.78, 5) is 0. The minimum absolute atomic E-state index is 0.848. The molecular weight excluding hydrogens is 254 g/mol. The van der Waals surface area contributed by atoms with E-state index in [0.717, 1.165) is 12.0 Å². The van der Waals surface area contributed by atoms with Crippen LogP contribution in [0.4, 0.5) is 0 Å². The highest BCUT2D eigenvalue weighted by Crippen LogP contribution is 2.32. The number of benzene rings is 1. The lowest BCUT2D eigenvalue weighted by Gasteiger charge is -2.22. The van der Waals surface area contributed by atoms with Crippen LogP contribution in [-0.2, 0) is 6.42 Å². The molecule has 0 amide bonds. The Morgan fingerprint density at radius 1 is 0.810 bits per heavy atom. The molecule has 21 heavy (non-hydrogen) atoms. The molecule has 2 saturated carbocycles. The second-order valence-corrected chi connectivity index (χ2v) is 7.12. The molecule has 0 aromatic heterocycles. The van der Waals surface area contributed by atoms with Gasteiger partial charge < -0.3 is 5.32 Å². The van der Waals surface area contributed by atoms with Gasteiger partial charge in [-0.25, -0.2) is 0 Å². The molecule has 1 aromatic carbocycles. The van der Waals surface area contributed by atoms with Crippen LogP contribution in [0.1, 0.15) is 81.3 Å². The Morgan fingerprint density at radius 3 is 2.29 bits per heavy atom. The zero-order valence-corrected chi connectivity index (χ0v) is 13.4. The van der Waals surface area contributed by atoms with Crippen molar-refractivity contribution >= 4 is 0 Å². The highest BCUT2D eigenvalue weighted by atomic mass is 14.9. The van der Waals surface area contributed by atoms with Gasteiger partial charge in [-0.05, 0) is 68.5 Å². The van der Waals surface area contributed by atoms with E-state index < -0.39 is 0 Å². The third-order valence-corrected chi connectivity index (χ3v) is 5.21. The van der Waals surface area contributed by atoms with Crippen LogP contribution in [0, 0.1) is 0 Å². The lowest BCUT2D eigenvalue weighted by Crippen LogP contribution is -2.17. The van der Waals surface area contributed by atoms with E-state index in [4.69, 9.17) is 0 Å². The second-order valence-electron chi connectivity index (χ2n) is 7.12. The largest absolute Gasteiger partial charge is 0.314 e. The van der Waals surface area contributed by atoms with E-state index in [2.05, 4.69) is 29.6 Å². The fourth-order valence-electron chi connectivity index (χ4n) is 3.62. The van der Waals surface area contributed by atoms with Crippen LogP contribution in [0.15, 0.2) is 24.3 Å². The SMILES string of the molecule is c1cc(C2CCCCC2)ccc1CCCCCNC1CC1. The van der Waals surface area contributed by atoms with Crippen molar-refractivity contribution in [3.05, 3.63) is 35.4 Å². The molecular formula is C20H31N. The first-order chi connectivity index (χ1) is 10.4. The number of aryl methyl sites for hydroxylation is 1. The van der Waals surface area contributed by atoms with Gasteiger partial charge in [-0.3, -0.25) is 0 Å². The third kappa shape index (κ3) is 5.14. The van der Waals surface area contributed by atoms with Gasteiger partial charge in [0.15, 0.2) is 0 Å². The van der Waals surface area contributed by atoms with Crippen LogP contribution in [0.2, 0.25) is 0 Å². The molecule has 116 valence electrons. The summed E-state index contributed by atoms with van der Waals surface area (Å²) in [6.07, 6.45) is 15.3. The van der Waals surface area contributed by atoms with Crippen LogP contribution in [0.3, 0.4) is 0 Å². The van der Waals surface area contributed by atoms with Gasteiger partial charge in [-0.2, -0.15) is 0 Å². The van der Waals surface area contributed by atoms with Crippen LogP contribution < -0.4 is 5.32 Å². The first kappa shape index (κ1) is 15.1. The molecule has 2 aliphatic rings. The molecule has 3 rings (SSSR count). The van der Waals surface area contributed by atoms with Gasteiger partial charge in [0.05, 0.1) is 0 Å². The number of unbranched alkanes of at least 4 members (excludes halogenated alkanes) is 2. The summed E-state index contributed by atoms with van der Waals surface area (Å²) in [6, 6.07) is 10.4. The van der Waals surface area contributed by atoms with E-state index in [9.17, 15) is 0 Å². The summed E-state index contributed by atoms with van der Waals surface area (Å²) in [5.74, 6) is 0.848. The Kier molecular flexibility index (Phi) is 5.74. The molecule has 0 unspecified atom stereocenters. The molecule has 1 heteroatoms. The third-order valence-electron chi connectivity index (χ3n) is 5.21. The van der Waals surface area contributed by atoms with Crippen molar-refractivity contribution in [2.75, 3.05) is 6.54 Å². The lowest BCUT2D eigenvalue weighted by atomic mass is 9.84. The van der Waals surface area contributed by atoms with Crippen molar-refractivity contribution in [3.8, 4) is 0 Å². The Labute approximate surface area is 130 Å². The minimum atomic E-state index is 0.848. The van der Waals surface area contributed by atoms with Crippen molar-refractivity contribution in [2.24, 2.45) is 0 Å². The van der Waals surface area contributed by atoms with E-state index in [-0.39, 0.29) is 0 Å². The Morgan fingerprint density at radius 2 is 1.57 bits per heavy atom. The maximum atomic E-state index is 3.60. The molecule has 0 bridgehead atoms. The van der Waals surface area contributed by atoms with Gasteiger partial charge in [-0.15, -0.1) is 0 Å².